The lowest BCUT2D eigenvalue weighted by Gasteiger charge is -2.43. The van der Waals surface area contributed by atoms with Crippen LogP contribution in [0.3, 0.4) is 0 Å². The fraction of sp³-hybridized carbons (Fsp3) is 1.00. The Morgan fingerprint density at radius 1 is 1.26 bits per heavy atom. The fourth-order valence-electron chi connectivity index (χ4n) is 4.84. The molecule has 0 aliphatic heterocycles. The van der Waals surface area contributed by atoms with Gasteiger partial charge in [0.25, 0.3) is 0 Å². The van der Waals surface area contributed by atoms with Crippen molar-refractivity contribution < 1.29 is 5.11 Å². The summed E-state index contributed by atoms with van der Waals surface area (Å²) in [6, 6.07) is 0.563. The summed E-state index contributed by atoms with van der Waals surface area (Å²) in [5.74, 6) is 0.870. The molecule has 0 amide bonds. The predicted molar refractivity (Wildman–Crippen MR) is 81.1 cm³/mol. The van der Waals surface area contributed by atoms with E-state index in [4.69, 9.17) is 0 Å². The van der Waals surface area contributed by atoms with Gasteiger partial charge in [0.2, 0.25) is 0 Å². The van der Waals surface area contributed by atoms with Gasteiger partial charge in [0.05, 0.1) is 6.10 Å². The van der Waals surface area contributed by atoms with E-state index in [1.807, 2.05) is 0 Å². The first kappa shape index (κ1) is 15.3. The second-order valence-electron chi connectivity index (χ2n) is 9.17. The molecule has 0 heterocycles. The minimum absolute atomic E-state index is 0.204. The lowest BCUT2D eigenvalue weighted by molar-refractivity contribution is 0.0736. The Morgan fingerprint density at radius 3 is 2.37 bits per heavy atom. The molecule has 0 aromatic heterocycles. The smallest absolute Gasteiger partial charge is 0.0669 e. The molecule has 0 saturated heterocycles. The lowest BCUT2D eigenvalue weighted by atomic mass is 9.68. The van der Waals surface area contributed by atoms with Gasteiger partial charge in [0.15, 0.2) is 0 Å². The van der Waals surface area contributed by atoms with Crippen LogP contribution >= 0.6 is 0 Å². The predicted octanol–water partition coefficient (Wildman–Crippen LogP) is 3.59. The molecule has 4 unspecified atom stereocenters. The molecule has 0 aromatic carbocycles. The van der Waals surface area contributed by atoms with E-state index in [-0.39, 0.29) is 11.5 Å². The lowest BCUT2D eigenvalue weighted by Crippen LogP contribution is -2.52. The van der Waals surface area contributed by atoms with Crippen molar-refractivity contribution in [2.24, 2.45) is 22.2 Å². The molecule has 2 heteroatoms. The summed E-state index contributed by atoms with van der Waals surface area (Å²) in [7, 11) is 0. The van der Waals surface area contributed by atoms with Gasteiger partial charge in [0.1, 0.15) is 0 Å². The first-order valence-electron chi connectivity index (χ1n) is 7.96. The topological polar surface area (TPSA) is 32.3 Å². The summed E-state index contributed by atoms with van der Waals surface area (Å²) in [6.07, 6.45) is 4.76. The maximum absolute atomic E-state index is 10.2. The van der Waals surface area contributed by atoms with Crippen molar-refractivity contribution in [3.05, 3.63) is 0 Å². The molecule has 0 radical (unpaired) electrons. The Hall–Kier alpha value is -0.0800. The third-order valence-electron chi connectivity index (χ3n) is 5.68. The van der Waals surface area contributed by atoms with E-state index in [9.17, 15) is 5.11 Å². The van der Waals surface area contributed by atoms with Gasteiger partial charge in [0, 0.05) is 12.6 Å². The second kappa shape index (κ2) is 4.73. The molecular formula is C17H33NO. The van der Waals surface area contributed by atoms with Crippen LogP contribution in [-0.4, -0.2) is 23.8 Å². The van der Waals surface area contributed by atoms with E-state index in [1.54, 1.807) is 0 Å². The van der Waals surface area contributed by atoms with Gasteiger partial charge >= 0.3 is 0 Å². The molecule has 0 spiro atoms. The van der Waals surface area contributed by atoms with E-state index >= 15 is 0 Å². The minimum atomic E-state index is -0.224. The Labute approximate surface area is 119 Å². The van der Waals surface area contributed by atoms with Crippen LogP contribution < -0.4 is 5.32 Å². The average Bonchev–Trinajstić information content (AvgIpc) is 2.65. The van der Waals surface area contributed by atoms with Crippen molar-refractivity contribution in [1.82, 2.24) is 5.32 Å². The summed E-state index contributed by atoms with van der Waals surface area (Å²) in [5.41, 5.74) is 1.04. The van der Waals surface area contributed by atoms with Gasteiger partial charge in [-0.1, -0.05) is 41.5 Å². The molecule has 2 N–H and O–H groups in total. The zero-order valence-corrected chi connectivity index (χ0v) is 13.7. The molecule has 2 bridgehead atoms. The molecule has 2 aliphatic rings. The molecule has 2 nitrogen and oxygen atoms in total. The zero-order valence-electron chi connectivity index (χ0n) is 13.7. The van der Waals surface area contributed by atoms with Crippen LogP contribution in [0, 0.1) is 22.2 Å². The van der Waals surface area contributed by atoms with Crippen molar-refractivity contribution in [1.29, 1.82) is 0 Å². The van der Waals surface area contributed by atoms with E-state index in [0.29, 0.717) is 16.9 Å². The quantitative estimate of drug-likeness (QED) is 0.816. The SMILES string of the molecule is CC(C)(C)CC(O)CNC1C2(C)CCC(C2)C1(C)C. The highest BCUT2D eigenvalue weighted by atomic mass is 16.3. The van der Waals surface area contributed by atoms with Gasteiger partial charge < -0.3 is 10.4 Å². The van der Waals surface area contributed by atoms with E-state index in [1.165, 1.54) is 19.3 Å². The third kappa shape index (κ3) is 3.00. The first-order chi connectivity index (χ1) is 8.55. The highest BCUT2D eigenvalue weighted by Crippen LogP contribution is 2.62. The van der Waals surface area contributed by atoms with Crippen LogP contribution in [0.25, 0.3) is 0 Å². The van der Waals surface area contributed by atoms with Gasteiger partial charge in [-0.25, -0.2) is 0 Å². The maximum Gasteiger partial charge on any atom is 0.0669 e. The number of aliphatic hydroxyl groups is 1. The van der Waals surface area contributed by atoms with Crippen molar-refractivity contribution >= 4 is 0 Å². The van der Waals surface area contributed by atoms with Crippen LogP contribution in [0.1, 0.15) is 67.2 Å². The molecule has 2 aliphatic carbocycles. The van der Waals surface area contributed by atoms with Crippen molar-refractivity contribution in [2.45, 2.75) is 79.4 Å². The molecule has 112 valence electrons. The van der Waals surface area contributed by atoms with Crippen LogP contribution in [0.5, 0.6) is 0 Å². The number of hydrogen-bond acceptors (Lipinski definition) is 2. The molecule has 4 atom stereocenters. The second-order valence-corrected chi connectivity index (χ2v) is 9.17. The molecule has 19 heavy (non-hydrogen) atoms. The highest BCUT2D eigenvalue weighted by molar-refractivity contribution is 5.12. The van der Waals surface area contributed by atoms with Crippen LogP contribution in [0.2, 0.25) is 0 Å². The van der Waals surface area contributed by atoms with Crippen molar-refractivity contribution in [3.63, 3.8) is 0 Å². The Kier molecular flexibility index (Phi) is 3.81. The summed E-state index contributed by atoms with van der Waals surface area (Å²) < 4.78 is 0. The molecule has 0 aromatic rings. The largest absolute Gasteiger partial charge is 0.392 e. The molecule has 2 fully saturated rings. The van der Waals surface area contributed by atoms with Gasteiger partial charge in [-0.05, 0) is 47.8 Å². The van der Waals surface area contributed by atoms with Gasteiger partial charge in [-0.15, -0.1) is 0 Å². The van der Waals surface area contributed by atoms with Gasteiger partial charge in [-0.2, -0.15) is 0 Å². The maximum atomic E-state index is 10.2. The highest BCUT2D eigenvalue weighted by Gasteiger charge is 2.58. The minimum Gasteiger partial charge on any atom is -0.392 e. The summed E-state index contributed by atoms with van der Waals surface area (Å²) >= 11 is 0. The number of fused-ring (bicyclic) bond motifs is 2. The van der Waals surface area contributed by atoms with Crippen LogP contribution in [0.15, 0.2) is 0 Å². The van der Waals surface area contributed by atoms with Crippen molar-refractivity contribution in [2.75, 3.05) is 6.54 Å². The zero-order chi connectivity index (χ0) is 14.5. The summed E-state index contributed by atoms with van der Waals surface area (Å²) in [6.45, 7) is 14.6. The van der Waals surface area contributed by atoms with Crippen molar-refractivity contribution in [3.8, 4) is 0 Å². The van der Waals surface area contributed by atoms with E-state index in [0.717, 1.165) is 18.9 Å². The number of nitrogens with one attached hydrogen (secondary N) is 1. The number of hydrogen-bond donors (Lipinski definition) is 2. The average molecular weight is 267 g/mol. The van der Waals surface area contributed by atoms with Crippen LogP contribution in [0.4, 0.5) is 0 Å². The molecule has 2 rings (SSSR count). The molecule has 2 saturated carbocycles. The van der Waals surface area contributed by atoms with E-state index in [2.05, 4.69) is 46.9 Å². The Bertz CT molecular complexity index is 326. The summed E-state index contributed by atoms with van der Waals surface area (Å²) in [4.78, 5) is 0. The Morgan fingerprint density at radius 2 is 1.89 bits per heavy atom. The normalized spacial score (nSPS) is 38.7. The standard InChI is InChI=1S/C17H33NO/c1-15(2,3)10-13(19)11-18-14-16(4,5)12-7-8-17(14,6)9-12/h12-14,18-19H,7-11H2,1-6H3. The monoisotopic (exact) mass is 267 g/mol. The number of aliphatic hydroxyl groups excluding tert-OH is 1. The van der Waals surface area contributed by atoms with Gasteiger partial charge in [-0.3, -0.25) is 0 Å². The molecular weight excluding hydrogens is 234 g/mol. The summed E-state index contributed by atoms with van der Waals surface area (Å²) in [5, 5.41) is 13.9. The third-order valence-corrected chi connectivity index (χ3v) is 5.68. The Balaban J connectivity index is 1.92. The van der Waals surface area contributed by atoms with Crippen LogP contribution in [-0.2, 0) is 0 Å². The van der Waals surface area contributed by atoms with E-state index < -0.39 is 0 Å². The number of rotatable bonds is 4. The fourth-order valence-corrected chi connectivity index (χ4v) is 4.84. The first-order valence-corrected chi connectivity index (χ1v) is 7.96.